The molecule has 1 saturated heterocycles. The summed E-state index contributed by atoms with van der Waals surface area (Å²) in [5.41, 5.74) is 0.333. The summed E-state index contributed by atoms with van der Waals surface area (Å²) in [5, 5.41) is 3.37. The number of carbonyl (C=O) groups excluding carboxylic acids is 1. The molecule has 2 fully saturated rings. The van der Waals surface area contributed by atoms with Crippen LogP contribution in [0.1, 0.15) is 52.4 Å². The van der Waals surface area contributed by atoms with E-state index < -0.39 is 0 Å². The standard InChI is InChI=1S/C13H23NO/c1-10-11(5-8-14-10)12(15)9-13(2)6-3-4-7-13/h10-11,14H,3-9H2,1-2H3. The Labute approximate surface area is 92.8 Å². The monoisotopic (exact) mass is 209 g/mol. The van der Waals surface area contributed by atoms with Crippen molar-refractivity contribution >= 4 is 5.78 Å². The van der Waals surface area contributed by atoms with Crippen molar-refractivity contribution in [1.29, 1.82) is 0 Å². The van der Waals surface area contributed by atoms with Gasteiger partial charge in [0.25, 0.3) is 0 Å². The van der Waals surface area contributed by atoms with Gasteiger partial charge in [0, 0.05) is 18.4 Å². The average molecular weight is 209 g/mol. The van der Waals surface area contributed by atoms with Crippen molar-refractivity contribution < 1.29 is 4.79 Å². The smallest absolute Gasteiger partial charge is 0.138 e. The van der Waals surface area contributed by atoms with E-state index in [1.165, 1.54) is 25.7 Å². The van der Waals surface area contributed by atoms with E-state index in [1.54, 1.807) is 0 Å². The first-order chi connectivity index (χ1) is 7.11. The molecule has 0 aromatic carbocycles. The number of nitrogens with one attached hydrogen (secondary N) is 1. The molecule has 86 valence electrons. The van der Waals surface area contributed by atoms with Crippen LogP contribution in [0.2, 0.25) is 0 Å². The quantitative estimate of drug-likeness (QED) is 0.774. The summed E-state index contributed by atoms with van der Waals surface area (Å²) < 4.78 is 0. The predicted octanol–water partition coefficient (Wildman–Crippen LogP) is 2.52. The number of rotatable bonds is 3. The van der Waals surface area contributed by atoms with Crippen LogP contribution >= 0.6 is 0 Å². The first-order valence-electron chi connectivity index (χ1n) is 6.37. The first-order valence-corrected chi connectivity index (χ1v) is 6.37. The third kappa shape index (κ3) is 2.41. The predicted molar refractivity (Wildman–Crippen MR) is 61.8 cm³/mol. The molecule has 1 aliphatic heterocycles. The molecule has 0 spiro atoms. The third-order valence-corrected chi connectivity index (χ3v) is 4.35. The van der Waals surface area contributed by atoms with Gasteiger partial charge in [0.15, 0.2) is 0 Å². The van der Waals surface area contributed by atoms with Gasteiger partial charge in [-0.15, -0.1) is 0 Å². The zero-order valence-electron chi connectivity index (χ0n) is 10.0. The molecule has 1 aliphatic carbocycles. The molecule has 1 N–H and O–H groups in total. The van der Waals surface area contributed by atoms with Gasteiger partial charge in [0.1, 0.15) is 5.78 Å². The van der Waals surface area contributed by atoms with Crippen LogP contribution < -0.4 is 5.32 Å². The summed E-state index contributed by atoms with van der Waals surface area (Å²) in [6, 6.07) is 0.405. The van der Waals surface area contributed by atoms with Crippen LogP contribution in [0.5, 0.6) is 0 Å². The molecule has 1 heterocycles. The maximum Gasteiger partial charge on any atom is 0.138 e. The minimum Gasteiger partial charge on any atom is -0.314 e. The van der Waals surface area contributed by atoms with Crippen LogP contribution in [0.3, 0.4) is 0 Å². The van der Waals surface area contributed by atoms with Crippen molar-refractivity contribution in [2.24, 2.45) is 11.3 Å². The zero-order valence-corrected chi connectivity index (χ0v) is 10.0. The lowest BCUT2D eigenvalue weighted by Gasteiger charge is -2.25. The molecule has 1 saturated carbocycles. The van der Waals surface area contributed by atoms with Gasteiger partial charge < -0.3 is 5.32 Å². The third-order valence-electron chi connectivity index (χ3n) is 4.35. The maximum absolute atomic E-state index is 12.2. The fraction of sp³-hybridized carbons (Fsp3) is 0.923. The Hall–Kier alpha value is -0.370. The molecular weight excluding hydrogens is 186 g/mol. The minimum absolute atomic E-state index is 0.294. The van der Waals surface area contributed by atoms with Gasteiger partial charge in [-0.3, -0.25) is 4.79 Å². The lowest BCUT2D eigenvalue weighted by Crippen LogP contribution is -2.31. The molecule has 0 radical (unpaired) electrons. The molecule has 0 aromatic heterocycles. The van der Waals surface area contributed by atoms with Gasteiger partial charge in [0.05, 0.1) is 0 Å². The molecule has 2 unspecified atom stereocenters. The molecule has 2 aliphatic rings. The van der Waals surface area contributed by atoms with Gasteiger partial charge in [0.2, 0.25) is 0 Å². The van der Waals surface area contributed by atoms with Crippen molar-refractivity contribution in [3.05, 3.63) is 0 Å². The highest BCUT2D eigenvalue weighted by Gasteiger charge is 2.36. The number of ketones is 1. The van der Waals surface area contributed by atoms with E-state index in [1.807, 2.05) is 0 Å². The second-order valence-corrected chi connectivity index (χ2v) is 5.80. The number of carbonyl (C=O) groups is 1. The minimum atomic E-state index is 0.294. The summed E-state index contributed by atoms with van der Waals surface area (Å²) in [6.07, 6.45) is 7.03. The van der Waals surface area contributed by atoms with Gasteiger partial charge >= 0.3 is 0 Å². The summed E-state index contributed by atoms with van der Waals surface area (Å²) in [6.45, 7) is 5.46. The lowest BCUT2D eigenvalue weighted by atomic mass is 9.79. The van der Waals surface area contributed by atoms with Gasteiger partial charge in [-0.1, -0.05) is 19.8 Å². The lowest BCUT2D eigenvalue weighted by molar-refractivity contribution is -0.125. The Kier molecular flexibility index (Phi) is 3.15. The largest absolute Gasteiger partial charge is 0.314 e. The summed E-state index contributed by atoms with van der Waals surface area (Å²) in [4.78, 5) is 12.2. The second-order valence-electron chi connectivity index (χ2n) is 5.80. The van der Waals surface area contributed by atoms with Crippen LogP contribution in [0.15, 0.2) is 0 Å². The van der Waals surface area contributed by atoms with E-state index in [0.717, 1.165) is 19.4 Å². The van der Waals surface area contributed by atoms with Crippen LogP contribution in [-0.2, 0) is 4.79 Å². The van der Waals surface area contributed by atoms with Gasteiger partial charge in [-0.25, -0.2) is 0 Å². The van der Waals surface area contributed by atoms with E-state index in [2.05, 4.69) is 19.2 Å². The molecule has 15 heavy (non-hydrogen) atoms. The Balaban J connectivity index is 1.91. The molecule has 0 amide bonds. The SMILES string of the molecule is CC1NCCC1C(=O)CC1(C)CCCC1. The molecule has 0 bridgehead atoms. The summed E-state index contributed by atoms with van der Waals surface area (Å²) in [5.74, 6) is 0.805. The number of hydrogen-bond donors (Lipinski definition) is 1. The summed E-state index contributed by atoms with van der Waals surface area (Å²) >= 11 is 0. The van der Waals surface area contributed by atoms with Crippen LogP contribution in [0.4, 0.5) is 0 Å². The zero-order chi connectivity index (χ0) is 10.9. The fourth-order valence-corrected chi connectivity index (χ4v) is 3.26. The van der Waals surface area contributed by atoms with E-state index in [4.69, 9.17) is 0 Å². The molecule has 0 aromatic rings. The number of Topliss-reactive ketones (excluding diaryl/α,β-unsaturated/α-hetero) is 1. The maximum atomic E-state index is 12.2. The molecule has 2 atom stereocenters. The molecule has 2 nitrogen and oxygen atoms in total. The molecule has 2 heteroatoms. The van der Waals surface area contributed by atoms with Crippen molar-refractivity contribution in [2.45, 2.75) is 58.4 Å². The highest BCUT2D eigenvalue weighted by molar-refractivity contribution is 5.82. The summed E-state index contributed by atoms with van der Waals surface area (Å²) in [7, 11) is 0. The van der Waals surface area contributed by atoms with Crippen molar-refractivity contribution in [3.63, 3.8) is 0 Å². The highest BCUT2D eigenvalue weighted by Crippen LogP contribution is 2.41. The van der Waals surface area contributed by atoms with Crippen LogP contribution in [0.25, 0.3) is 0 Å². The fourth-order valence-electron chi connectivity index (χ4n) is 3.26. The average Bonchev–Trinajstić information content (AvgIpc) is 2.74. The Morgan fingerprint density at radius 2 is 2.07 bits per heavy atom. The van der Waals surface area contributed by atoms with E-state index >= 15 is 0 Å². The van der Waals surface area contributed by atoms with Crippen LogP contribution in [-0.4, -0.2) is 18.4 Å². The Morgan fingerprint density at radius 3 is 2.60 bits per heavy atom. The number of hydrogen-bond acceptors (Lipinski definition) is 2. The van der Waals surface area contributed by atoms with E-state index in [0.29, 0.717) is 23.2 Å². The Morgan fingerprint density at radius 1 is 1.40 bits per heavy atom. The van der Waals surface area contributed by atoms with Crippen molar-refractivity contribution in [2.75, 3.05) is 6.54 Å². The van der Waals surface area contributed by atoms with Crippen molar-refractivity contribution in [3.8, 4) is 0 Å². The van der Waals surface area contributed by atoms with E-state index in [9.17, 15) is 4.79 Å². The van der Waals surface area contributed by atoms with Gasteiger partial charge in [-0.2, -0.15) is 0 Å². The van der Waals surface area contributed by atoms with Crippen molar-refractivity contribution in [1.82, 2.24) is 5.32 Å². The van der Waals surface area contributed by atoms with E-state index in [-0.39, 0.29) is 0 Å². The molecule has 2 rings (SSSR count). The van der Waals surface area contributed by atoms with Gasteiger partial charge in [-0.05, 0) is 38.1 Å². The highest BCUT2D eigenvalue weighted by atomic mass is 16.1. The molecular formula is C13H23NO. The normalized spacial score (nSPS) is 34.5. The van der Waals surface area contributed by atoms with Crippen LogP contribution in [0, 0.1) is 11.3 Å². The first kappa shape index (κ1) is 11.1. The Bertz CT molecular complexity index is 243. The topological polar surface area (TPSA) is 29.1 Å². The second kappa shape index (κ2) is 4.25.